The molecule has 0 spiro atoms. The first-order valence-corrected chi connectivity index (χ1v) is 5.26. The van der Waals surface area contributed by atoms with Crippen molar-refractivity contribution in [2.75, 3.05) is 7.11 Å². The highest BCUT2D eigenvalue weighted by atomic mass is 127. The molecule has 0 atom stereocenters. The fourth-order valence-electron chi connectivity index (χ4n) is 0.829. The van der Waals surface area contributed by atoms with Gasteiger partial charge in [-0.15, -0.1) is 11.6 Å². The summed E-state index contributed by atoms with van der Waals surface area (Å²) in [5.74, 6) is 1.16. The molecule has 66 valence electrons. The van der Waals surface area contributed by atoms with Crippen LogP contribution in [0.3, 0.4) is 0 Å². The molecule has 0 radical (unpaired) electrons. The molecule has 4 heteroatoms. The van der Waals surface area contributed by atoms with E-state index < -0.39 is 0 Å². The SMILES string of the molecule is COc1cc(I)c(CCl)cc1Cl. The summed E-state index contributed by atoms with van der Waals surface area (Å²) in [6.45, 7) is 0. The van der Waals surface area contributed by atoms with E-state index >= 15 is 0 Å². The molecule has 0 aromatic heterocycles. The quantitative estimate of drug-likeness (QED) is 0.597. The van der Waals surface area contributed by atoms with Crippen LogP contribution in [0.2, 0.25) is 5.02 Å². The number of ether oxygens (including phenoxy) is 1. The third-order valence-electron chi connectivity index (χ3n) is 1.46. The first kappa shape index (κ1) is 10.4. The lowest BCUT2D eigenvalue weighted by Crippen LogP contribution is -1.89. The molecule has 12 heavy (non-hydrogen) atoms. The van der Waals surface area contributed by atoms with Gasteiger partial charge >= 0.3 is 0 Å². The van der Waals surface area contributed by atoms with Crippen molar-refractivity contribution in [1.29, 1.82) is 0 Å². The van der Waals surface area contributed by atoms with Gasteiger partial charge in [0.05, 0.1) is 12.1 Å². The summed E-state index contributed by atoms with van der Waals surface area (Å²) in [4.78, 5) is 0. The zero-order chi connectivity index (χ0) is 9.14. The van der Waals surface area contributed by atoms with Crippen molar-refractivity contribution in [2.45, 2.75) is 5.88 Å². The van der Waals surface area contributed by atoms with Crippen molar-refractivity contribution in [3.8, 4) is 5.75 Å². The van der Waals surface area contributed by atoms with Gasteiger partial charge in [-0.3, -0.25) is 0 Å². The van der Waals surface area contributed by atoms with Crippen molar-refractivity contribution in [2.24, 2.45) is 0 Å². The summed E-state index contributed by atoms with van der Waals surface area (Å²) in [7, 11) is 1.59. The van der Waals surface area contributed by atoms with Crippen LogP contribution in [0.15, 0.2) is 12.1 Å². The minimum absolute atomic E-state index is 0.474. The van der Waals surface area contributed by atoms with Gasteiger partial charge in [0.2, 0.25) is 0 Å². The molecular formula is C8H7Cl2IO. The van der Waals surface area contributed by atoms with E-state index in [0.29, 0.717) is 16.7 Å². The summed E-state index contributed by atoms with van der Waals surface area (Å²) in [5, 5.41) is 0.605. The highest BCUT2D eigenvalue weighted by Crippen LogP contribution is 2.29. The van der Waals surface area contributed by atoms with Crippen LogP contribution in [0.1, 0.15) is 5.56 Å². The second kappa shape index (κ2) is 4.53. The molecule has 1 rings (SSSR count). The smallest absolute Gasteiger partial charge is 0.138 e. The maximum absolute atomic E-state index is 5.89. The van der Waals surface area contributed by atoms with Crippen LogP contribution in [-0.4, -0.2) is 7.11 Å². The van der Waals surface area contributed by atoms with E-state index in [1.807, 2.05) is 12.1 Å². The highest BCUT2D eigenvalue weighted by Gasteiger charge is 2.05. The minimum atomic E-state index is 0.474. The third-order valence-corrected chi connectivity index (χ3v) is 3.05. The number of hydrogen-bond donors (Lipinski definition) is 0. The standard InChI is InChI=1S/C8H7Cl2IO/c1-12-8-3-7(11)5(4-9)2-6(8)10/h2-3H,4H2,1H3. The second-order valence-electron chi connectivity index (χ2n) is 2.21. The predicted molar refractivity (Wildman–Crippen MR) is 60.3 cm³/mol. The Bertz CT molecular complexity index is 259. The minimum Gasteiger partial charge on any atom is -0.495 e. The normalized spacial score (nSPS) is 10.0. The number of alkyl halides is 1. The van der Waals surface area contributed by atoms with Gasteiger partial charge in [-0.1, -0.05) is 11.6 Å². The van der Waals surface area contributed by atoms with E-state index in [-0.39, 0.29) is 0 Å². The van der Waals surface area contributed by atoms with Gasteiger partial charge in [-0.2, -0.15) is 0 Å². The Balaban J connectivity index is 3.16. The monoisotopic (exact) mass is 316 g/mol. The lowest BCUT2D eigenvalue weighted by atomic mass is 10.2. The molecule has 0 N–H and O–H groups in total. The average Bonchev–Trinajstić information content (AvgIpc) is 2.08. The molecule has 0 unspecified atom stereocenters. The van der Waals surface area contributed by atoms with Crippen molar-refractivity contribution < 1.29 is 4.74 Å². The Labute approximate surface area is 95.1 Å². The van der Waals surface area contributed by atoms with Gasteiger partial charge in [0, 0.05) is 9.45 Å². The Morgan fingerprint density at radius 1 is 1.50 bits per heavy atom. The van der Waals surface area contributed by atoms with Crippen LogP contribution >= 0.6 is 45.8 Å². The number of benzene rings is 1. The lowest BCUT2D eigenvalue weighted by molar-refractivity contribution is 0.414. The van der Waals surface area contributed by atoms with Crippen molar-refractivity contribution in [3.63, 3.8) is 0 Å². The van der Waals surface area contributed by atoms with E-state index in [1.54, 1.807) is 7.11 Å². The number of hydrogen-bond acceptors (Lipinski definition) is 1. The molecule has 0 bridgehead atoms. The summed E-state index contributed by atoms with van der Waals surface area (Å²) in [5.41, 5.74) is 1.03. The van der Waals surface area contributed by atoms with Crippen molar-refractivity contribution in [1.82, 2.24) is 0 Å². The molecule has 1 aromatic rings. The van der Waals surface area contributed by atoms with Gasteiger partial charge in [0.15, 0.2) is 0 Å². The Hall–Kier alpha value is 0.330. The first-order valence-electron chi connectivity index (χ1n) is 3.27. The van der Waals surface area contributed by atoms with Crippen LogP contribution in [0.5, 0.6) is 5.75 Å². The van der Waals surface area contributed by atoms with Crippen LogP contribution in [0.4, 0.5) is 0 Å². The van der Waals surface area contributed by atoms with E-state index in [9.17, 15) is 0 Å². The lowest BCUT2D eigenvalue weighted by Gasteiger charge is -2.06. The summed E-state index contributed by atoms with van der Waals surface area (Å²) >= 11 is 13.8. The summed E-state index contributed by atoms with van der Waals surface area (Å²) in [6.07, 6.45) is 0. The van der Waals surface area contributed by atoms with Crippen LogP contribution in [0, 0.1) is 3.57 Å². The number of methoxy groups -OCH3 is 1. The van der Waals surface area contributed by atoms with Crippen molar-refractivity contribution in [3.05, 3.63) is 26.3 Å². The van der Waals surface area contributed by atoms with Crippen LogP contribution in [0.25, 0.3) is 0 Å². The van der Waals surface area contributed by atoms with Gasteiger partial charge in [0.1, 0.15) is 5.75 Å². The largest absolute Gasteiger partial charge is 0.495 e. The zero-order valence-electron chi connectivity index (χ0n) is 6.40. The molecule has 0 aliphatic carbocycles. The molecule has 1 nitrogen and oxygen atoms in total. The molecule has 0 fully saturated rings. The van der Waals surface area contributed by atoms with E-state index in [2.05, 4.69) is 22.6 Å². The average molecular weight is 317 g/mol. The number of rotatable bonds is 2. The van der Waals surface area contributed by atoms with Crippen LogP contribution < -0.4 is 4.74 Å². The Kier molecular flexibility index (Phi) is 3.93. The zero-order valence-corrected chi connectivity index (χ0v) is 10.1. The van der Waals surface area contributed by atoms with E-state index in [0.717, 1.165) is 9.13 Å². The summed E-state index contributed by atoms with van der Waals surface area (Å²) in [6, 6.07) is 3.70. The topological polar surface area (TPSA) is 9.23 Å². The molecule has 0 aliphatic rings. The fourth-order valence-corrected chi connectivity index (χ4v) is 2.17. The molecule has 0 aliphatic heterocycles. The highest BCUT2D eigenvalue weighted by molar-refractivity contribution is 14.1. The van der Waals surface area contributed by atoms with E-state index in [1.165, 1.54) is 0 Å². The third kappa shape index (κ3) is 2.18. The van der Waals surface area contributed by atoms with Crippen molar-refractivity contribution >= 4 is 45.8 Å². The number of halogens is 3. The summed E-state index contributed by atoms with van der Waals surface area (Å²) < 4.78 is 6.12. The second-order valence-corrected chi connectivity index (χ2v) is 4.05. The molecular weight excluding hydrogens is 310 g/mol. The maximum Gasteiger partial charge on any atom is 0.138 e. The van der Waals surface area contributed by atoms with Gasteiger partial charge in [0.25, 0.3) is 0 Å². The molecule has 0 heterocycles. The maximum atomic E-state index is 5.89. The van der Waals surface area contributed by atoms with Gasteiger partial charge in [-0.05, 0) is 40.3 Å². The fraction of sp³-hybridized carbons (Fsp3) is 0.250. The molecule has 0 saturated heterocycles. The molecule has 0 amide bonds. The van der Waals surface area contributed by atoms with Crippen LogP contribution in [-0.2, 0) is 5.88 Å². The predicted octanol–water partition coefficient (Wildman–Crippen LogP) is 3.69. The molecule has 1 aromatic carbocycles. The Morgan fingerprint density at radius 3 is 2.67 bits per heavy atom. The van der Waals surface area contributed by atoms with E-state index in [4.69, 9.17) is 27.9 Å². The van der Waals surface area contributed by atoms with Gasteiger partial charge < -0.3 is 4.74 Å². The molecule has 0 saturated carbocycles. The first-order chi connectivity index (χ1) is 5.69. The van der Waals surface area contributed by atoms with Gasteiger partial charge in [-0.25, -0.2) is 0 Å². The Morgan fingerprint density at radius 2 is 2.17 bits per heavy atom.